The third-order valence-electron chi connectivity index (χ3n) is 4.81. The van der Waals surface area contributed by atoms with Crippen molar-refractivity contribution in [2.24, 2.45) is 0 Å². The van der Waals surface area contributed by atoms with Gasteiger partial charge in [0.05, 0.1) is 0 Å². The van der Waals surface area contributed by atoms with Crippen LogP contribution in [0.4, 0.5) is 14.0 Å². The van der Waals surface area contributed by atoms with E-state index in [1.807, 2.05) is 0 Å². The summed E-state index contributed by atoms with van der Waals surface area (Å²) in [7, 11) is 0. The standard InChI is InChI=1S/C30H21FO8/c1-3-27(32)38-29(34)36-24-15-9-20(10-16-24)5-6-22-8-14-23(26(31)19-22)13-7-21-11-17-25(18-12-21)37-30(35)39-28(33)4-2/h3-19H,1-2H2. The van der Waals surface area contributed by atoms with Crippen molar-refractivity contribution in [2.75, 3.05) is 0 Å². The van der Waals surface area contributed by atoms with Gasteiger partial charge in [0, 0.05) is 17.7 Å². The molecule has 0 radical (unpaired) electrons. The first-order valence-electron chi connectivity index (χ1n) is 11.2. The lowest BCUT2D eigenvalue weighted by Crippen LogP contribution is -2.14. The van der Waals surface area contributed by atoms with Gasteiger partial charge in [-0.25, -0.2) is 23.6 Å². The van der Waals surface area contributed by atoms with E-state index in [2.05, 4.69) is 22.6 Å². The van der Waals surface area contributed by atoms with Crippen molar-refractivity contribution < 1.29 is 42.5 Å². The van der Waals surface area contributed by atoms with Crippen molar-refractivity contribution in [2.45, 2.75) is 0 Å². The van der Waals surface area contributed by atoms with E-state index in [0.717, 1.165) is 17.7 Å². The zero-order valence-electron chi connectivity index (χ0n) is 20.4. The van der Waals surface area contributed by atoms with Gasteiger partial charge in [-0.05, 0) is 47.0 Å². The predicted molar refractivity (Wildman–Crippen MR) is 142 cm³/mol. The van der Waals surface area contributed by atoms with E-state index in [9.17, 15) is 23.6 Å². The first-order valence-corrected chi connectivity index (χ1v) is 11.2. The second-order valence-electron chi connectivity index (χ2n) is 7.54. The van der Waals surface area contributed by atoms with Crippen molar-refractivity contribution in [1.82, 2.24) is 0 Å². The van der Waals surface area contributed by atoms with Crippen LogP contribution in [0.15, 0.2) is 92.0 Å². The summed E-state index contributed by atoms with van der Waals surface area (Å²) in [5, 5.41) is 0. The van der Waals surface area contributed by atoms with E-state index in [4.69, 9.17) is 9.47 Å². The minimum Gasteiger partial charge on any atom is -0.395 e. The van der Waals surface area contributed by atoms with Crippen LogP contribution in [0.25, 0.3) is 24.3 Å². The molecule has 0 aliphatic heterocycles. The number of carbonyl (C=O) groups is 4. The first kappa shape index (κ1) is 28.0. The molecule has 39 heavy (non-hydrogen) atoms. The Kier molecular flexibility index (Phi) is 9.81. The van der Waals surface area contributed by atoms with Crippen LogP contribution in [0, 0.1) is 5.82 Å². The number of hydrogen-bond acceptors (Lipinski definition) is 8. The van der Waals surface area contributed by atoms with E-state index >= 15 is 0 Å². The molecule has 0 aromatic heterocycles. The third kappa shape index (κ3) is 9.10. The van der Waals surface area contributed by atoms with Gasteiger partial charge < -0.3 is 18.9 Å². The molecule has 0 bridgehead atoms. The molecule has 0 amide bonds. The zero-order chi connectivity index (χ0) is 28.2. The van der Waals surface area contributed by atoms with Crippen molar-refractivity contribution in [1.29, 1.82) is 0 Å². The Hall–Kier alpha value is -5.57. The molecule has 0 aliphatic rings. The number of ether oxygens (including phenoxy) is 4. The molecule has 8 nitrogen and oxygen atoms in total. The molecular formula is C30H21FO8. The second-order valence-corrected chi connectivity index (χ2v) is 7.54. The molecule has 0 aliphatic carbocycles. The molecule has 0 heterocycles. The predicted octanol–water partition coefficient (Wildman–Crippen LogP) is 6.62. The highest BCUT2D eigenvalue weighted by molar-refractivity contribution is 5.90. The fraction of sp³-hybridized carbons (Fsp3) is 0. The summed E-state index contributed by atoms with van der Waals surface area (Å²) < 4.78 is 33.0. The van der Waals surface area contributed by atoms with Crippen LogP contribution in [-0.4, -0.2) is 24.2 Å². The highest BCUT2D eigenvalue weighted by Crippen LogP contribution is 2.19. The number of halogens is 1. The van der Waals surface area contributed by atoms with E-state index in [1.54, 1.807) is 60.7 Å². The molecule has 3 aromatic carbocycles. The summed E-state index contributed by atoms with van der Waals surface area (Å²) >= 11 is 0. The van der Waals surface area contributed by atoms with Crippen LogP contribution in [-0.2, 0) is 19.1 Å². The van der Waals surface area contributed by atoms with Gasteiger partial charge in [-0.2, -0.15) is 0 Å². The summed E-state index contributed by atoms with van der Waals surface area (Å²) in [6, 6.07) is 17.4. The number of hydrogen-bond donors (Lipinski definition) is 0. The summed E-state index contributed by atoms with van der Waals surface area (Å²) in [6.07, 6.45) is 6.09. The maximum absolute atomic E-state index is 14.6. The average Bonchev–Trinajstić information content (AvgIpc) is 2.92. The van der Waals surface area contributed by atoms with Crippen molar-refractivity contribution in [3.8, 4) is 11.5 Å². The zero-order valence-corrected chi connectivity index (χ0v) is 20.4. The van der Waals surface area contributed by atoms with Gasteiger partial charge in [0.2, 0.25) is 0 Å². The quantitative estimate of drug-likeness (QED) is 0.106. The molecule has 0 saturated carbocycles. The minimum absolute atomic E-state index is 0.168. The SMILES string of the molecule is C=CC(=O)OC(=O)Oc1ccc(C=Cc2ccc(C=Cc3ccc(OC(=O)OC(=O)C=C)cc3)c(F)c2)cc1. The first-order chi connectivity index (χ1) is 18.7. The molecule has 0 atom stereocenters. The van der Waals surface area contributed by atoms with Crippen LogP contribution < -0.4 is 9.47 Å². The lowest BCUT2D eigenvalue weighted by atomic mass is 10.1. The Morgan fingerprint density at radius 3 is 1.44 bits per heavy atom. The van der Waals surface area contributed by atoms with Gasteiger partial charge in [0.15, 0.2) is 0 Å². The minimum atomic E-state index is -1.18. The highest BCUT2D eigenvalue weighted by atomic mass is 19.1. The molecule has 196 valence electrons. The summed E-state index contributed by atoms with van der Waals surface area (Å²) in [6.45, 7) is 6.37. The average molecular weight is 528 g/mol. The second kappa shape index (κ2) is 13.7. The number of esters is 2. The summed E-state index contributed by atoms with van der Waals surface area (Å²) in [5.41, 5.74) is 2.46. The Bertz CT molecular complexity index is 1450. The van der Waals surface area contributed by atoms with Gasteiger partial charge >= 0.3 is 24.2 Å². The maximum atomic E-state index is 14.6. The van der Waals surface area contributed by atoms with Crippen molar-refractivity contribution in [3.63, 3.8) is 0 Å². The lowest BCUT2D eigenvalue weighted by molar-refractivity contribution is -0.134. The fourth-order valence-electron chi connectivity index (χ4n) is 2.94. The molecule has 0 N–H and O–H groups in total. The van der Waals surface area contributed by atoms with Gasteiger partial charge in [0.1, 0.15) is 17.3 Å². The molecule has 3 aromatic rings. The van der Waals surface area contributed by atoms with Gasteiger partial charge in [-0.1, -0.05) is 73.9 Å². The van der Waals surface area contributed by atoms with Gasteiger partial charge in [-0.3, -0.25) is 0 Å². The van der Waals surface area contributed by atoms with E-state index in [1.165, 1.54) is 30.3 Å². The Balaban J connectivity index is 1.57. The molecule has 0 fully saturated rings. The van der Waals surface area contributed by atoms with Crippen LogP contribution in [0.5, 0.6) is 11.5 Å². The van der Waals surface area contributed by atoms with Crippen molar-refractivity contribution in [3.05, 3.63) is 120 Å². The summed E-state index contributed by atoms with van der Waals surface area (Å²) in [4.78, 5) is 44.9. The largest absolute Gasteiger partial charge is 0.521 e. The molecule has 9 heteroatoms. The van der Waals surface area contributed by atoms with Crippen LogP contribution in [0.2, 0.25) is 0 Å². The van der Waals surface area contributed by atoms with Crippen LogP contribution >= 0.6 is 0 Å². The van der Waals surface area contributed by atoms with Gasteiger partial charge in [-0.15, -0.1) is 0 Å². The highest BCUT2D eigenvalue weighted by Gasteiger charge is 2.11. The topological polar surface area (TPSA) is 105 Å². The molecule has 3 rings (SSSR count). The smallest absolute Gasteiger partial charge is 0.395 e. The number of benzene rings is 3. The number of rotatable bonds is 8. The monoisotopic (exact) mass is 528 g/mol. The third-order valence-corrected chi connectivity index (χ3v) is 4.81. The van der Waals surface area contributed by atoms with E-state index < -0.39 is 30.1 Å². The molecule has 0 saturated heterocycles. The molecule has 0 spiro atoms. The normalized spacial score (nSPS) is 10.6. The Labute approximate surface area is 222 Å². The fourth-order valence-corrected chi connectivity index (χ4v) is 2.94. The van der Waals surface area contributed by atoms with E-state index in [-0.39, 0.29) is 11.5 Å². The maximum Gasteiger partial charge on any atom is 0.521 e. The van der Waals surface area contributed by atoms with Gasteiger partial charge in [0.25, 0.3) is 0 Å². The number of carbonyl (C=O) groups excluding carboxylic acids is 4. The lowest BCUT2D eigenvalue weighted by Gasteiger charge is -2.04. The van der Waals surface area contributed by atoms with Crippen LogP contribution in [0.3, 0.4) is 0 Å². The van der Waals surface area contributed by atoms with Crippen molar-refractivity contribution >= 4 is 48.6 Å². The Morgan fingerprint density at radius 2 is 1.00 bits per heavy atom. The molecule has 0 unspecified atom stereocenters. The Morgan fingerprint density at radius 1 is 0.590 bits per heavy atom. The van der Waals surface area contributed by atoms with Crippen LogP contribution in [0.1, 0.15) is 22.3 Å². The van der Waals surface area contributed by atoms with E-state index in [0.29, 0.717) is 16.7 Å². The molecular weight excluding hydrogens is 507 g/mol. The summed E-state index contributed by atoms with van der Waals surface area (Å²) in [5.74, 6) is -1.92.